The molecule has 1 unspecified atom stereocenters. The van der Waals surface area contributed by atoms with E-state index >= 15 is 0 Å². The largest absolute Gasteiger partial charge is 0.326 e. The smallest absolute Gasteiger partial charge is 0.228 e. The molecule has 1 saturated heterocycles. The summed E-state index contributed by atoms with van der Waals surface area (Å²) in [6.07, 6.45) is 3.19. The number of hydrogen-bond acceptors (Lipinski definition) is 3. The van der Waals surface area contributed by atoms with Gasteiger partial charge in [0.1, 0.15) is 0 Å². The van der Waals surface area contributed by atoms with Gasteiger partial charge in [-0.25, -0.2) is 0 Å². The predicted octanol–water partition coefficient (Wildman–Crippen LogP) is 3.34. The van der Waals surface area contributed by atoms with Crippen LogP contribution in [0.5, 0.6) is 0 Å². The summed E-state index contributed by atoms with van der Waals surface area (Å²) in [4.78, 5) is 24.5. The molecule has 6 heteroatoms. The van der Waals surface area contributed by atoms with Crippen LogP contribution in [-0.2, 0) is 9.59 Å². The molecule has 1 aromatic carbocycles. The molecule has 3 rings (SSSR count). The lowest BCUT2D eigenvalue weighted by Crippen LogP contribution is -2.31. The van der Waals surface area contributed by atoms with Gasteiger partial charge in [0, 0.05) is 23.2 Å². The second-order valence-corrected chi connectivity index (χ2v) is 7.53. The van der Waals surface area contributed by atoms with Crippen molar-refractivity contribution in [3.63, 3.8) is 0 Å². The Labute approximate surface area is 155 Å². The minimum atomic E-state index is -0.0735. The van der Waals surface area contributed by atoms with E-state index in [-0.39, 0.29) is 41.5 Å². The SMILES string of the molecule is Cc1ccc(NC(=O)C(C)C)cc1NC(=O)C1CC12CCNCC2.Cl. The molecule has 1 aromatic rings. The normalized spacial score (nSPS) is 20.7. The Bertz CT molecular complexity index is 654. The number of piperidine rings is 1. The Morgan fingerprint density at radius 3 is 2.52 bits per heavy atom. The van der Waals surface area contributed by atoms with E-state index in [4.69, 9.17) is 0 Å². The molecule has 1 atom stereocenters. The van der Waals surface area contributed by atoms with Crippen molar-refractivity contribution in [2.24, 2.45) is 17.3 Å². The van der Waals surface area contributed by atoms with Gasteiger partial charge in [-0.05, 0) is 62.4 Å². The van der Waals surface area contributed by atoms with Crippen LogP contribution in [0.3, 0.4) is 0 Å². The van der Waals surface area contributed by atoms with Crippen molar-refractivity contribution in [1.82, 2.24) is 5.32 Å². The Balaban J connectivity index is 0.00000225. The maximum atomic E-state index is 12.6. The summed E-state index contributed by atoms with van der Waals surface area (Å²) in [6.45, 7) is 7.71. The fourth-order valence-electron chi connectivity index (χ4n) is 3.54. The lowest BCUT2D eigenvalue weighted by molar-refractivity contribution is -0.119. The molecule has 1 aliphatic carbocycles. The van der Waals surface area contributed by atoms with Crippen molar-refractivity contribution >= 4 is 35.6 Å². The van der Waals surface area contributed by atoms with Gasteiger partial charge >= 0.3 is 0 Å². The van der Waals surface area contributed by atoms with Crippen LogP contribution < -0.4 is 16.0 Å². The summed E-state index contributed by atoms with van der Waals surface area (Å²) < 4.78 is 0. The van der Waals surface area contributed by atoms with Crippen molar-refractivity contribution < 1.29 is 9.59 Å². The van der Waals surface area contributed by atoms with E-state index in [1.165, 1.54) is 0 Å². The molecule has 2 amide bonds. The predicted molar refractivity (Wildman–Crippen MR) is 103 cm³/mol. The molecule has 3 N–H and O–H groups in total. The number of carbonyl (C=O) groups excluding carboxylic acids is 2. The van der Waals surface area contributed by atoms with Gasteiger partial charge in [0.2, 0.25) is 11.8 Å². The minimum absolute atomic E-state index is 0. The highest BCUT2D eigenvalue weighted by atomic mass is 35.5. The fraction of sp³-hybridized carbons (Fsp3) is 0.579. The zero-order chi connectivity index (χ0) is 17.3. The first kappa shape index (κ1) is 19.7. The van der Waals surface area contributed by atoms with Crippen molar-refractivity contribution in [3.05, 3.63) is 23.8 Å². The van der Waals surface area contributed by atoms with Gasteiger partial charge in [-0.3, -0.25) is 9.59 Å². The van der Waals surface area contributed by atoms with Gasteiger partial charge in [0.05, 0.1) is 0 Å². The zero-order valence-electron chi connectivity index (χ0n) is 15.1. The molecule has 1 aliphatic heterocycles. The second-order valence-electron chi connectivity index (χ2n) is 7.53. The third-order valence-corrected chi connectivity index (χ3v) is 5.39. The number of anilines is 2. The minimum Gasteiger partial charge on any atom is -0.326 e. The third-order valence-electron chi connectivity index (χ3n) is 5.39. The van der Waals surface area contributed by atoms with Gasteiger partial charge in [-0.1, -0.05) is 19.9 Å². The van der Waals surface area contributed by atoms with Gasteiger partial charge in [0.25, 0.3) is 0 Å². The summed E-state index contributed by atoms with van der Waals surface area (Å²) >= 11 is 0. The number of nitrogens with one attached hydrogen (secondary N) is 3. The molecule has 1 heterocycles. The average molecular weight is 366 g/mol. The molecule has 138 valence electrons. The van der Waals surface area contributed by atoms with E-state index in [2.05, 4.69) is 16.0 Å². The van der Waals surface area contributed by atoms with Crippen LogP contribution in [0.4, 0.5) is 11.4 Å². The number of amides is 2. The van der Waals surface area contributed by atoms with Crippen LogP contribution >= 0.6 is 12.4 Å². The quantitative estimate of drug-likeness (QED) is 0.766. The Morgan fingerprint density at radius 2 is 1.88 bits per heavy atom. The highest BCUT2D eigenvalue weighted by Crippen LogP contribution is 2.58. The van der Waals surface area contributed by atoms with Crippen molar-refractivity contribution in [2.75, 3.05) is 23.7 Å². The molecule has 25 heavy (non-hydrogen) atoms. The van der Waals surface area contributed by atoms with Crippen LogP contribution in [0.15, 0.2) is 18.2 Å². The number of carbonyl (C=O) groups is 2. The van der Waals surface area contributed by atoms with E-state index in [0.29, 0.717) is 0 Å². The molecule has 1 saturated carbocycles. The van der Waals surface area contributed by atoms with Crippen LogP contribution in [-0.4, -0.2) is 24.9 Å². The zero-order valence-corrected chi connectivity index (χ0v) is 16.0. The summed E-state index contributed by atoms with van der Waals surface area (Å²) in [5.41, 5.74) is 2.75. The standard InChI is InChI=1S/C19H27N3O2.ClH/c1-12(2)17(23)21-14-5-4-13(3)16(10-14)22-18(24)15-11-19(15)6-8-20-9-7-19;/h4-5,10,12,15,20H,6-9,11H2,1-3H3,(H,21,23)(H,22,24);1H. The molecule has 1 spiro atoms. The van der Waals surface area contributed by atoms with E-state index in [1.807, 2.05) is 39.0 Å². The Kier molecular flexibility index (Phi) is 6.12. The van der Waals surface area contributed by atoms with Gasteiger partial charge in [0.15, 0.2) is 0 Å². The third kappa shape index (κ3) is 4.33. The van der Waals surface area contributed by atoms with Gasteiger partial charge < -0.3 is 16.0 Å². The highest BCUT2D eigenvalue weighted by molar-refractivity contribution is 5.97. The molecular formula is C19H28ClN3O2. The summed E-state index contributed by atoms with van der Waals surface area (Å²) in [5, 5.41) is 9.32. The topological polar surface area (TPSA) is 70.2 Å². The van der Waals surface area contributed by atoms with Crippen molar-refractivity contribution in [3.8, 4) is 0 Å². The van der Waals surface area contributed by atoms with Crippen LogP contribution in [0, 0.1) is 24.2 Å². The number of hydrogen-bond donors (Lipinski definition) is 3. The van der Waals surface area contributed by atoms with E-state index in [1.54, 1.807) is 0 Å². The number of halogens is 1. The Morgan fingerprint density at radius 1 is 1.20 bits per heavy atom. The molecule has 2 fully saturated rings. The number of benzene rings is 1. The van der Waals surface area contributed by atoms with Crippen molar-refractivity contribution in [1.29, 1.82) is 0 Å². The first-order chi connectivity index (χ1) is 11.4. The molecule has 0 radical (unpaired) electrons. The van der Waals surface area contributed by atoms with E-state index < -0.39 is 0 Å². The van der Waals surface area contributed by atoms with Gasteiger partial charge in [-0.15, -0.1) is 12.4 Å². The van der Waals surface area contributed by atoms with Gasteiger partial charge in [-0.2, -0.15) is 0 Å². The average Bonchev–Trinajstić information content (AvgIpc) is 3.24. The first-order valence-corrected chi connectivity index (χ1v) is 8.84. The van der Waals surface area contributed by atoms with Crippen molar-refractivity contribution in [2.45, 2.75) is 40.0 Å². The van der Waals surface area contributed by atoms with E-state index in [9.17, 15) is 9.59 Å². The molecule has 0 bridgehead atoms. The summed E-state index contributed by atoms with van der Waals surface area (Å²) in [5.74, 6) is 0.155. The molecule has 2 aliphatic rings. The number of aryl methyl sites for hydroxylation is 1. The summed E-state index contributed by atoms with van der Waals surface area (Å²) in [6, 6.07) is 5.65. The Hall–Kier alpha value is -1.59. The first-order valence-electron chi connectivity index (χ1n) is 8.84. The maximum Gasteiger partial charge on any atom is 0.228 e. The highest BCUT2D eigenvalue weighted by Gasteiger charge is 2.57. The van der Waals surface area contributed by atoms with E-state index in [0.717, 1.165) is 49.3 Å². The molecular weight excluding hydrogens is 338 g/mol. The molecule has 0 aromatic heterocycles. The summed E-state index contributed by atoms with van der Waals surface area (Å²) in [7, 11) is 0. The molecule has 5 nitrogen and oxygen atoms in total. The second kappa shape index (κ2) is 7.75. The lowest BCUT2D eigenvalue weighted by Gasteiger charge is -2.23. The maximum absolute atomic E-state index is 12.6. The van der Waals surface area contributed by atoms with Crippen LogP contribution in [0.25, 0.3) is 0 Å². The lowest BCUT2D eigenvalue weighted by atomic mass is 9.91. The van der Waals surface area contributed by atoms with Crippen LogP contribution in [0.2, 0.25) is 0 Å². The number of rotatable bonds is 4. The van der Waals surface area contributed by atoms with Crippen LogP contribution in [0.1, 0.15) is 38.7 Å². The fourth-order valence-corrected chi connectivity index (χ4v) is 3.54. The monoisotopic (exact) mass is 365 g/mol.